The van der Waals surface area contributed by atoms with Crippen molar-refractivity contribution in [3.05, 3.63) is 42.0 Å². The molecular weight excluding hydrogens is 245 g/mol. The molecule has 0 atom stereocenters. The van der Waals surface area contributed by atoms with Gasteiger partial charge in [-0.05, 0) is 24.6 Å². The molecular formula is C12H10F3N2O+. The summed E-state index contributed by atoms with van der Waals surface area (Å²) in [5.74, 6) is -0.267. The zero-order valence-corrected chi connectivity index (χ0v) is 9.75. The normalized spacial score (nSPS) is 11.2. The molecule has 1 aromatic heterocycles. The van der Waals surface area contributed by atoms with Crippen LogP contribution in [-0.4, -0.2) is 10.9 Å². The minimum absolute atomic E-state index is 0.249. The molecule has 0 fully saturated rings. The molecule has 0 aliphatic carbocycles. The molecule has 0 N–H and O–H groups in total. The summed E-state index contributed by atoms with van der Waals surface area (Å²) >= 11 is 0. The van der Waals surface area contributed by atoms with Crippen LogP contribution in [0.3, 0.4) is 0 Å². The highest BCUT2D eigenvalue weighted by molar-refractivity contribution is 5.48. The van der Waals surface area contributed by atoms with Crippen LogP contribution in [0.2, 0.25) is 0 Å². The van der Waals surface area contributed by atoms with Crippen molar-refractivity contribution < 1.29 is 22.9 Å². The lowest BCUT2D eigenvalue weighted by atomic mass is 10.2. The first-order valence-corrected chi connectivity index (χ1v) is 5.15. The van der Waals surface area contributed by atoms with Gasteiger partial charge < -0.3 is 4.74 Å². The van der Waals surface area contributed by atoms with E-state index in [2.05, 4.69) is 16.0 Å². The Labute approximate surface area is 102 Å². The third kappa shape index (κ3) is 2.74. The number of halogens is 3. The fraction of sp³-hybridized carbons (Fsp3) is 0.250. The van der Waals surface area contributed by atoms with Gasteiger partial charge in [0.2, 0.25) is 0 Å². The predicted molar refractivity (Wildman–Crippen MR) is 56.4 cm³/mol. The van der Waals surface area contributed by atoms with Crippen LogP contribution in [0, 0.1) is 20.2 Å². The number of nitrogens with zero attached hydrogens (tertiary/aromatic N) is 2. The minimum Gasteiger partial charge on any atom is -0.401 e. The number of rotatable bonds is 2. The number of benzene rings is 1. The van der Waals surface area contributed by atoms with Gasteiger partial charge in [-0.3, -0.25) is 0 Å². The minimum atomic E-state index is -4.72. The van der Waals surface area contributed by atoms with Crippen LogP contribution < -0.4 is 9.72 Å². The Bertz CT molecular complexity index is 561. The van der Waals surface area contributed by atoms with Crippen molar-refractivity contribution in [2.45, 2.75) is 20.2 Å². The average molecular weight is 255 g/mol. The molecule has 0 aliphatic heterocycles. The van der Waals surface area contributed by atoms with E-state index >= 15 is 0 Å². The fourth-order valence-electron chi connectivity index (χ4n) is 1.53. The number of hydrogen-bond donors (Lipinski definition) is 0. The number of aryl methyl sites for hydroxylation is 2. The summed E-state index contributed by atoms with van der Waals surface area (Å²) in [5, 5.41) is 0. The first-order chi connectivity index (χ1) is 8.35. The summed E-state index contributed by atoms with van der Waals surface area (Å²) < 4.78 is 42.3. The Morgan fingerprint density at radius 1 is 1.28 bits per heavy atom. The van der Waals surface area contributed by atoms with Gasteiger partial charge in [-0.15, -0.1) is 17.7 Å². The number of alkyl halides is 3. The summed E-state index contributed by atoms with van der Waals surface area (Å²) in [6.07, 6.45) is -0.560. The summed E-state index contributed by atoms with van der Waals surface area (Å²) in [5.41, 5.74) is 1.59. The van der Waals surface area contributed by atoms with Gasteiger partial charge >= 0.3 is 12.7 Å². The zero-order valence-electron chi connectivity index (χ0n) is 9.75. The fourth-order valence-corrected chi connectivity index (χ4v) is 1.53. The van der Waals surface area contributed by atoms with Crippen molar-refractivity contribution >= 4 is 0 Å². The first-order valence-electron chi connectivity index (χ1n) is 5.15. The molecule has 0 unspecified atom stereocenters. The van der Waals surface area contributed by atoms with E-state index in [4.69, 9.17) is 0 Å². The molecule has 6 heteroatoms. The molecule has 2 rings (SSSR count). The van der Waals surface area contributed by atoms with Crippen LogP contribution in [0.5, 0.6) is 5.75 Å². The monoisotopic (exact) mass is 255 g/mol. The molecule has 0 bridgehead atoms. The summed E-state index contributed by atoms with van der Waals surface area (Å²) in [4.78, 5) is 3.85. The maximum Gasteiger partial charge on any atom is 0.573 e. The second kappa shape index (κ2) is 4.26. The van der Waals surface area contributed by atoms with Crippen LogP contribution >= 0.6 is 0 Å². The third-order valence-electron chi connectivity index (χ3n) is 2.25. The second-order valence-corrected chi connectivity index (χ2v) is 3.87. The van der Waals surface area contributed by atoms with E-state index in [1.54, 1.807) is 26.1 Å². The molecule has 0 aliphatic rings. The largest absolute Gasteiger partial charge is 0.573 e. The van der Waals surface area contributed by atoms with Crippen molar-refractivity contribution in [1.29, 1.82) is 0 Å². The van der Waals surface area contributed by atoms with E-state index in [1.165, 1.54) is 16.7 Å². The smallest absolute Gasteiger partial charge is 0.401 e. The number of aromatic nitrogens is 2. The molecule has 2 aromatic rings. The average Bonchev–Trinajstić information content (AvgIpc) is 2.62. The molecule has 3 nitrogen and oxygen atoms in total. The maximum atomic E-state index is 12.3. The van der Waals surface area contributed by atoms with Crippen LogP contribution in [0.15, 0.2) is 24.4 Å². The van der Waals surface area contributed by atoms with E-state index in [1.807, 2.05) is 0 Å². The van der Waals surface area contributed by atoms with E-state index < -0.39 is 6.36 Å². The van der Waals surface area contributed by atoms with Crippen LogP contribution in [0.1, 0.15) is 11.3 Å². The van der Waals surface area contributed by atoms with Crippen molar-refractivity contribution in [3.8, 4) is 11.4 Å². The summed E-state index contributed by atoms with van der Waals surface area (Å²) in [7, 11) is 0. The van der Waals surface area contributed by atoms with Gasteiger partial charge in [0.25, 0.3) is 5.69 Å². The first kappa shape index (κ1) is 12.3. The van der Waals surface area contributed by atoms with Crippen LogP contribution in [0.4, 0.5) is 13.2 Å². The van der Waals surface area contributed by atoms with Gasteiger partial charge in [-0.25, -0.2) is 0 Å². The number of hydrogen-bond acceptors (Lipinski definition) is 1. The molecule has 94 valence electrons. The van der Waals surface area contributed by atoms with Crippen LogP contribution in [0.25, 0.3) is 5.69 Å². The quantitative estimate of drug-likeness (QED) is 0.824. The van der Waals surface area contributed by atoms with E-state index in [-0.39, 0.29) is 11.4 Å². The van der Waals surface area contributed by atoms with Gasteiger partial charge in [0.05, 0.1) is 0 Å². The number of ether oxygens (including phenoxy) is 1. The van der Waals surface area contributed by atoms with Gasteiger partial charge in [0.15, 0.2) is 17.6 Å². The van der Waals surface area contributed by atoms with Gasteiger partial charge in [0.1, 0.15) is 0 Å². The molecule has 0 spiro atoms. The van der Waals surface area contributed by atoms with Crippen molar-refractivity contribution in [2.75, 3.05) is 0 Å². The molecule has 1 aromatic carbocycles. The predicted octanol–water partition coefficient (Wildman–Crippen LogP) is 2.39. The highest BCUT2D eigenvalue weighted by Crippen LogP contribution is 2.29. The van der Waals surface area contributed by atoms with E-state index in [0.29, 0.717) is 11.3 Å². The summed E-state index contributed by atoms with van der Waals surface area (Å²) in [6.45, 7) is 3.42. The summed E-state index contributed by atoms with van der Waals surface area (Å²) in [6, 6.07) is 4.56. The molecule has 0 amide bonds. The highest BCUT2D eigenvalue weighted by Gasteiger charge is 2.33. The van der Waals surface area contributed by atoms with Crippen molar-refractivity contribution in [2.24, 2.45) is 0 Å². The Morgan fingerprint density at radius 3 is 2.56 bits per heavy atom. The Kier molecular flexibility index (Phi) is 2.91. The Hall–Kier alpha value is -2.16. The second-order valence-electron chi connectivity index (χ2n) is 3.87. The SMILES string of the molecule is Cc1ccc(-n2c#[n+]c(C)c2)c(OC(F)(F)F)c1. The standard InChI is InChI=1S/C12H10F3N2O/c1-8-3-4-10(17-6-9(2)16-7-17)11(5-8)18-12(13,14)15/h3-6H,1-2H3/q+1. The Balaban J connectivity index is 2.47. The van der Waals surface area contributed by atoms with E-state index in [9.17, 15) is 13.2 Å². The molecule has 0 saturated heterocycles. The van der Waals surface area contributed by atoms with Crippen molar-refractivity contribution in [1.82, 2.24) is 4.57 Å². The van der Waals surface area contributed by atoms with Gasteiger partial charge in [-0.1, -0.05) is 6.07 Å². The van der Waals surface area contributed by atoms with Crippen LogP contribution in [-0.2, 0) is 0 Å². The van der Waals surface area contributed by atoms with Crippen molar-refractivity contribution in [3.63, 3.8) is 0 Å². The zero-order chi connectivity index (χ0) is 13.3. The third-order valence-corrected chi connectivity index (χ3v) is 2.25. The maximum absolute atomic E-state index is 12.3. The molecule has 1 heterocycles. The van der Waals surface area contributed by atoms with Gasteiger partial charge in [-0.2, -0.15) is 4.98 Å². The highest BCUT2D eigenvalue weighted by atomic mass is 19.4. The molecule has 18 heavy (non-hydrogen) atoms. The van der Waals surface area contributed by atoms with E-state index in [0.717, 1.165) is 0 Å². The lowest BCUT2D eigenvalue weighted by Crippen LogP contribution is -2.18. The molecule has 0 saturated carbocycles. The Morgan fingerprint density at radius 2 is 2.00 bits per heavy atom. The molecule has 0 radical (unpaired) electrons. The van der Waals surface area contributed by atoms with Gasteiger partial charge in [0, 0.05) is 6.92 Å². The topological polar surface area (TPSA) is 28.3 Å². The lowest BCUT2D eigenvalue weighted by Gasteiger charge is -2.10. The lowest BCUT2D eigenvalue weighted by molar-refractivity contribution is -0.302.